The monoisotopic (exact) mass is 266 g/mol. The van der Waals surface area contributed by atoms with Gasteiger partial charge in [-0.1, -0.05) is 35.9 Å². The van der Waals surface area contributed by atoms with Gasteiger partial charge in [-0.25, -0.2) is 0 Å². The summed E-state index contributed by atoms with van der Waals surface area (Å²) < 4.78 is 44.5. The second-order valence-electron chi connectivity index (χ2n) is 4.77. The van der Waals surface area contributed by atoms with Crippen LogP contribution in [0.2, 0.25) is 0 Å². The molecule has 0 amide bonds. The minimum atomic E-state index is -2.37. The van der Waals surface area contributed by atoms with E-state index < -0.39 is 6.85 Å². The predicted octanol–water partition coefficient (Wildman–Crippen LogP) is 4.48. The van der Waals surface area contributed by atoms with Gasteiger partial charge in [0.1, 0.15) is 11.2 Å². The Morgan fingerprint density at radius 3 is 2.95 bits per heavy atom. The molecule has 0 saturated carbocycles. The molecule has 0 saturated heterocycles. The molecule has 1 aliphatic heterocycles. The van der Waals surface area contributed by atoms with E-state index in [1.807, 2.05) is 42.5 Å². The van der Waals surface area contributed by atoms with Crippen molar-refractivity contribution in [3.05, 3.63) is 65.7 Å². The second kappa shape index (κ2) is 4.27. The minimum Gasteiger partial charge on any atom is -0.456 e. The number of fused-ring (bicyclic) bond motifs is 3. The molecule has 2 heterocycles. The highest BCUT2D eigenvalue weighted by molar-refractivity contribution is 6.05. The van der Waals surface area contributed by atoms with Gasteiger partial charge in [-0.2, -0.15) is 0 Å². The zero-order valence-electron chi connectivity index (χ0n) is 15.7. The maximum atomic E-state index is 8.19. The van der Waals surface area contributed by atoms with Crippen molar-refractivity contribution >= 4 is 27.6 Å². The fourth-order valence-electron chi connectivity index (χ4n) is 2.46. The van der Waals surface area contributed by atoms with E-state index in [4.69, 9.17) is 11.3 Å². The Balaban J connectivity index is 1.86. The van der Waals surface area contributed by atoms with Crippen LogP contribution in [0.5, 0.6) is 0 Å². The first-order valence-corrected chi connectivity index (χ1v) is 6.43. The van der Waals surface area contributed by atoms with E-state index in [2.05, 4.69) is 5.32 Å². The van der Waals surface area contributed by atoms with Crippen molar-refractivity contribution in [2.24, 2.45) is 0 Å². The smallest absolute Gasteiger partial charge is 0.136 e. The van der Waals surface area contributed by atoms with Crippen LogP contribution < -0.4 is 5.32 Å². The van der Waals surface area contributed by atoms with Crippen molar-refractivity contribution in [1.82, 2.24) is 5.32 Å². The summed E-state index contributed by atoms with van der Waals surface area (Å²) >= 11 is 0. The molecular weight excluding hydrogens is 246 g/mol. The maximum absolute atomic E-state index is 8.19. The summed E-state index contributed by atoms with van der Waals surface area (Å²) in [6.07, 6.45) is 0. The number of furan rings is 1. The summed E-state index contributed by atoms with van der Waals surface area (Å²) in [6, 6.07) is 13.0. The van der Waals surface area contributed by atoms with E-state index in [0.717, 1.165) is 16.4 Å². The van der Waals surface area contributed by atoms with E-state index >= 15 is 0 Å². The molecular formula is C18H15NO. The highest BCUT2D eigenvalue weighted by Gasteiger charge is 2.10. The molecule has 0 fully saturated rings. The van der Waals surface area contributed by atoms with Gasteiger partial charge in [-0.05, 0) is 31.1 Å². The molecule has 0 spiro atoms. The van der Waals surface area contributed by atoms with Crippen LogP contribution in [0.15, 0.2) is 64.6 Å². The van der Waals surface area contributed by atoms with Crippen molar-refractivity contribution < 1.29 is 11.3 Å². The number of hydrogen-bond acceptors (Lipinski definition) is 2. The third-order valence-electron chi connectivity index (χ3n) is 3.45. The van der Waals surface area contributed by atoms with Crippen LogP contribution in [0.3, 0.4) is 0 Å². The summed E-state index contributed by atoms with van der Waals surface area (Å²) in [6.45, 7) is -2.34. The molecule has 1 N–H and O–H groups in total. The van der Waals surface area contributed by atoms with Crippen LogP contribution in [0, 0.1) is 0 Å². The fraction of sp³-hybridized carbons (Fsp3) is 0.111. The SMILES string of the molecule is [2H]C1=C(c2ccc3c(c2)oc2ccccc23)NCC(C([2H])([2H])[2H])=C1[2H]. The van der Waals surface area contributed by atoms with E-state index in [-0.39, 0.29) is 24.2 Å². The normalized spacial score (nSPS) is 20.3. The van der Waals surface area contributed by atoms with Gasteiger partial charge in [-0.3, -0.25) is 0 Å². The standard InChI is InChI=1S/C18H15NO/c1-12-6-9-16(19-11-12)13-7-8-15-14-4-2-3-5-17(14)20-18(15)10-13/h2-10,19H,11H2,1H3/i1D3,6D,9D. The Morgan fingerprint density at radius 1 is 1.10 bits per heavy atom. The van der Waals surface area contributed by atoms with Gasteiger partial charge in [0.05, 0.1) is 2.74 Å². The van der Waals surface area contributed by atoms with Crippen LogP contribution in [-0.4, -0.2) is 6.54 Å². The minimum absolute atomic E-state index is 0.0330. The summed E-state index contributed by atoms with van der Waals surface area (Å²) in [5.74, 6) is 0. The van der Waals surface area contributed by atoms with Crippen LogP contribution in [0.1, 0.15) is 19.3 Å². The Hall–Kier alpha value is -2.48. The van der Waals surface area contributed by atoms with Crippen molar-refractivity contribution in [1.29, 1.82) is 0 Å². The lowest BCUT2D eigenvalue weighted by atomic mass is 10.1. The fourth-order valence-corrected chi connectivity index (χ4v) is 2.46. The second-order valence-corrected chi connectivity index (χ2v) is 4.77. The van der Waals surface area contributed by atoms with Gasteiger partial charge in [0.15, 0.2) is 0 Å². The molecule has 0 bridgehead atoms. The number of nitrogens with one attached hydrogen (secondary N) is 1. The lowest BCUT2D eigenvalue weighted by Gasteiger charge is -2.15. The number of dihydropyridines is 1. The van der Waals surface area contributed by atoms with E-state index in [1.54, 1.807) is 0 Å². The van der Waals surface area contributed by atoms with Crippen molar-refractivity contribution in [3.63, 3.8) is 0 Å². The van der Waals surface area contributed by atoms with E-state index in [9.17, 15) is 0 Å². The van der Waals surface area contributed by atoms with Gasteiger partial charge in [0.25, 0.3) is 0 Å². The van der Waals surface area contributed by atoms with Crippen LogP contribution in [0.4, 0.5) is 0 Å². The predicted molar refractivity (Wildman–Crippen MR) is 83.5 cm³/mol. The largest absolute Gasteiger partial charge is 0.456 e. The Kier molecular flexibility index (Phi) is 1.57. The molecule has 98 valence electrons. The van der Waals surface area contributed by atoms with E-state index in [0.29, 0.717) is 16.8 Å². The summed E-state index contributed by atoms with van der Waals surface area (Å²) in [5.41, 5.74) is 2.59. The van der Waals surface area contributed by atoms with Gasteiger partial charge in [0, 0.05) is 32.7 Å². The molecule has 4 rings (SSSR count). The number of allylic oxidation sites excluding steroid dienone is 2. The number of hydrogen-bond donors (Lipinski definition) is 1. The summed E-state index contributed by atoms with van der Waals surface area (Å²) in [4.78, 5) is 0. The van der Waals surface area contributed by atoms with Crippen molar-refractivity contribution in [2.45, 2.75) is 6.85 Å². The molecule has 0 radical (unpaired) electrons. The van der Waals surface area contributed by atoms with Crippen molar-refractivity contribution in [2.75, 3.05) is 6.54 Å². The Bertz CT molecular complexity index is 1060. The van der Waals surface area contributed by atoms with Gasteiger partial charge < -0.3 is 9.73 Å². The summed E-state index contributed by atoms with van der Waals surface area (Å²) in [7, 11) is 0. The molecule has 2 heteroatoms. The van der Waals surface area contributed by atoms with Crippen LogP contribution in [0.25, 0.3) is 27.6 Å². The molecule has 0 atom stereocenters. The summed E-state index contributed by atoms with van der Waals surface area (Å²) in [5, 5.41) is 4.98. The lowest BCUT2D eigenvalue weighted by Crippen LogP contribution is -2.17. The van der Waals surface area contributed by atoms with Crippen molar-refractivity contribution in [3.8, 4) is 0 Å². The first-order chi connectivity index (χ1) is 11.9. The average Bonchev–Trinajstić information content (AvgIpc) is 2.93. The molecule has 0 unspecified atom stereocenters. The molecule has 3 aromatic rings. The third-order valence-corrected chi connectivity index (χ3v) is 3.45. The Labute approximate surface area is 124 Å². The zero-order valence-corrected chi connectivity index (χ0v) is 10.7. The molecule has 2 nitrogen and oxygen atoms in total. The average molecular weight is 266 g/mol. The van der Waals surface area contributed by atoms with Crippen LogP contribution >= 0.6 is 0 Å². The van der Waals surface area contributed by atoms with Gasteiger partial charge >= 0.3 is 0 Å². The molecule has 1 aliphatic rings. The van der Waals surface area contributed by atoms with E-state index in [1.165, 1.54) is 0 Å². The van der Waals surface area contributed by atoms with Crippen LogP contribution in [-0.2, 0) is 0 Å². The zero-order chi connectivity index (χ0) is 17.8. The first-order valence-electron chi connectivity index (χ1n) is 8.93. The highest BCUT2D eigenvalue weighted by atomic mass is 16.3. The molecule has 0 aliphatic carbocycles. The number of benzene rings is 2. The van der Waals surface area contributed by atoms with Gasteiger partial charge in [0.2, 0.25) is 0 Å². The number of para-hydroxylation sites is 1. The molecule has 1 aromatic heterocycles. The lowest BCUT2D eigenvalue weighted by molar-refractivity contribution is 0.668. The van der Waals surface area contributed by atoms with Gasteiger partial charge in [-0.15, -0.1) is 0 Å². The molecule has 20 heavy (non-hydrogen) atoms. The first kappa shape index (κ1) is 7.34. The Morgan fingerprint density at radius 2 is 2.00 bits per heavy atom. The maximum Gasteiger partial charge on any atom is 0.136 e. The third kappa shape index (κ3) is 1.73. The topological polar surface area (TPSA) is 25.2 Å². The quantitative estimate of drug-likeness (QED) is 0.702. The number of rotatable bonds is 1. The molecule has 2 aromatic carbocycles. The highest BCUT2D eigenvalue weighted by Crippen LogP contribution is 2.30.